The highest BCUT2D eigenvalue weighted by molar-refractivity contribution is 7.80. The molecule has 5 fully saturated rings. The number of ether oxygens (including phenoxy) is 2. The largest absolute Gasteiger partial charge is 0.397 e. The number of carbonyl (C=O) groups excluding carboxylic acids is 1. The Morgan fingerprint density at radius 3 is 2.45 bits per heavy atom. The van der Waals surface area contributed by atoms with Crippen molar-refractivity contribution >= 4 is 16.2 Å². The second-order valence-electron chi connectivity index (χ2n) is 13.9. The van der Waals surface area contributed by atoms with Crippen LogP contribution in [0.25, 0.3) is 0 Å². The van der Waals surface area contributed by atoms with E-state index in [2.05, 4.69) is 13.0 Å². The number of fused-ring (bicyclic) bond motifs is 6. The molecule has 0 aromatic rings. The van der Waals surface area contributed by atoms with E-state index in [1.54, 1.807) is 0 Å². The number of allylic oxidation sites excluding steroid dienone is 1. The summed E-state index contributed by atoms with van der Waals surface area (Å²) < 4.78 is 48.5. The van der Waals surface area contributed by atoms with Crippen molar-refractivity contribution in [2.75, 3.05) is 0 Å². The predicted molar refractivity (Wildman–Crippen MR) is 136 cm³/mol. The average molecular weight is 555 g/mol. The second-order valence-corrected chi connectivity index (χ2v) is 14.9. The number of aliphatic hydroxyl groups is 2. The topological polar surface area (TPSA) is 143 Å². The highest BCUT2D eigenvalue weighted by Crippen LogP contribution is 2.69. The second kappa shape index (κ2) is 8.11. The number of aliphatic hydroxyl groups excluding tert-OH is 1. The third-order valence-corrected chi connectivity index (χ3v) is 13.0. The van der Waals surface area contributed by atoms with E-state index < -0.39 is 45.0 Å². The van der Waals surface area contributed by atoms with E-state index in [1.165, 1.54) is 0 Å². The molecule has 0 spiro atoms. The highest BCUT2D eigenvalue weighted by atomic mass is 32.3. The normalized spacial score (nSPS) is 54.7. The van der Waals surface area contributed by atoms with Gasteiger partial charge in [0, 0.05) is 18.8 Å². The molecule has 12 atom stereocenters. The van der Waals surface area contributed by atoms with Crippen molar-refractivity contribution in [1.29, 1.82) is 0 Å². The minimum Gasteiger partial charge on any atom is -0.389 e. The molecule has 0 amide bonds. The Morgan fingerprint density at radius 2 is 1.79 bits per heavy atom. The first-order chi connectivity index (χ1) is 17.5. The summed E-state index contributed by atoms with van der Waals surface area (Å²) in [6.45, 7) is 10.1. The quantitative estimate of drug-likeness (QED) is 0.271. The van der Waals surface area contributed by atoms with E-state index in [0.29, 0.717) is 19.3 Å². The maximum absolute atomic E-state index is 13.5. The van der Waals surface area contributed by atoms with Gasteiger partial charge in [-0.25, -0.2) is 4.18 Å². The lowest BCUT2D eigenvalue weighted by Gasteiger charge is -2.59. The number of epoxide rings is 1. The molecule has 0 unspecified atom stereocenters. The highest BCUT2D eigenvalue weighted by Gasteiger charge is 2.74. The van der Waals surface area contributed by atoms with E-state index in [9.17, 15) is 23.4 Å². The summed E-state index contributed by atoms with van der Waals surface area (Å²) in [5, 5.41) is 23.1. The van der Waals surface area contributed by atoms with Crippen LogP contribution in [0.5, 0.6) is 0 Å². The van der Waals surface area contributed by atoms with Crippen molar-refractivity contribution in [3.8, 4) is 0 Å². The Kier molecular flexibility index (Phi) is 5.83. The van der Waals surface area contributed by atoms with Gasteiger partial charge in [0.2, 0.25) is 0 Å². The molecule has 0 radical (unpaired) electrons. The van der Waals surface area contributed by atoms with Gasteiger partial charge in [-0.3, -0.25) is 9.35 Å². The fraction of sp³-hybridized carbons (Fsp3) is 0.893. The molecule has 6 rings (SSSR count). The van der Waals surface area contributed by atoms with E-state index in [0.717, 1.165) is 31.3 Å². The lowest BCUT2D eigenvalue weighted by atomic mass is 9.46. The van der Waals surface area contributed by atoms with E-state index >= 15 is 0 Å². The van der Waals surface area contributed by atoms with Crippen LogP contribution in [0, 0.1) is 34.5 Å². The molecular weight excluding hydrogens is 512 g/mol. The number of rotatable bonds is 4. The molecule has 38 heavy (non-hydrogen) atoms. The molecule has 3 N–H and O–H groups in total. The summed E-state index contributed by atoms with van der Waals surface area (Å²) in [6.07, 6.45) is 4.64. The first-order valence-electron chi connectivity index (χ1n) is 14.1. The summed E-state index contributed by atoms with van der Waals surface area (Å²) in [7, 11) is -4.63. The van der Waals surface area contributed by atoms with Gasteiger partial charge >= 0.3 is 10.4 Å². The molecule has 0 aromatic carbocycles. The van der Waals surface area contributed by atoms with Gasteiger partial charge in [0.25, 0.3) is 0 Å². The van der Waals surface area contributed by atoms with Crippen molar-refractivity contribution in [2.45, 2.75) is 121 Å². The first-order valence-corrected chi connectivity index (χ1v) is 15.5. The molecule has 0 aromatic heterocycles. The van der Waals surface area contributed by atoms with E-state index in [-0.39, 0.29) is 47.4 Å². The number of Topliss-reactive ketones (excluding diaryl/α,β-unsaturated/α-hetero) is 1. The van der Waals surface area contributed by atoms with Gasteiger partial charge in [-0.15, -0.1) is 0 Å². The Bertz CT molecular complexity index is 1180. The van der Waals surface area contributed by atoms with Gasteiger partial charge < -0.3 is 19.7 Å². The number of ketones is 1. The van der Waals surface area contributed by atoms with Crippen molar-refractivity contribution in [3.05, 3.63) is 11.6 Å². The van der Waals surface area contributed by atoms with Crippen LogP contribution in [0.1, 0.15) is 86.0 Å². The van der Waals surface area contributed by atoms with Gasteiger partial charge in [-0.05, 0) is 82.5 Å². The molecule has 6 aliphatic rings. The van der Waals surface area contributed by atoms with Crippen molar-refractivity contribution in [1.82, 2.24) is 0 Å². The Morgan fingerprint density at radius 1 is 1.11 bits per heavy atom. The zero-order chi connectivity index (χ0) is 27.7. The maximum Gasteiger partial charge on any atom is 0.397 e. The molecule has 9 nitrogen and oxygen atoms in total. The standard InChI is InChI=1S/C28H42O9S/c1-15(21-14-25(3)27(5,37-25)23(30)35-21)28(31)11-9-19-18-7-6-16-12-17(36-38(32,33)34)13-22(29)26(16,4)20(18)8-10-24(19,28)2/h6,15,17-21,23,30-31H,7-14H2,1-5H3,(H,32,33,34)/t15-,17-,18+,19+,20+,21-,23-,24+,25+,26+,27-,28+/m1/s1. The van der Waals surface area contributed by atoms with Crippen molar-refractivity contribution in [3.63, 3.8) is 0 Å². The van der Waals surface area contributed by atoms with Crippen LogP contribution in [0.3, 0.4) is 0 Å². The van der Waals surface area contributed by atoms with Crippen LogP contribution in [-0.2, 0) is 28.9 Å². The smallest absolute Gasteiger partial charge is 0.389 e. The molecule has 0 bridgehead atoms. The van der Waals surface area contributed by atoms with E-state index in [1.807, 2.05) is 27.7 Å². The van der Waals surface area contributed by atoms with Crippen LogP contribution >= 0.6 is 0 Å². The lowest BCUT2D eigenvalue weighted by molar-refractivity contribution is -0.231. The SMILES string of the molecule is C[C@H]([C@H]1C[C@]2(C)O[C@]2(C)[C@H](O)O1)[C@@]1(O)CC[C@H]2[C@@H]3CC=C4C[C@@H](OS(=O)(=O)O)CC(=O)[C@]4(C)[C@H]3CC[C@@]21C. The molecule has 10 heteroatoms. The molecule has 4 aliphatic carbocycles. The zero-order valence-electron chi connectivity index (χ0n) is 23.0. The molecule has 214 valence electrons. The summed E-state index contributed by atoms with van der Waals surface area (Å²) in [6, 6.07) is 0. The van der Waals surface area contributed by atoms with Gasteiger partial charge in [-0.2, -0.15) is 8.42 Å². The predicted octanol–water partition coefficient (Wildman–Crippen LogP) is 3.34. The Labute approximate surface area is 225 Å². The minimum absolute atomic E-state index is 0.0334. The average Bonchev–Trinajstić information content (AvgIpc) is 3.28. The monoisotopic (exact) mass is 554 g/mol. The van der Waals surface area contributed by atoms with Crippen molar-refractivity contribution in [2.24, 2.45) is 34.5 Å². The van der Waals surface area contributed by atoms with Crippen LogP contribution < -0.4 is 0 Å². The van der Waals surface area contributed by atoms with Gasteiger partial charge in [0.15, 0.2) is 6.29 Å². The maximum atomic E-state index is 13.5. The van der Waals surface area contributed by atoms with Gasteiger partial charge in [-0.1, -0.05) is 25.5 Å². The van der Waals surface area contributed by atoms with Gasteiger partial charge in [0.05, 0.1) is 23.2 Å². The molecular formula is C28H42O9S. The number of hydrogen-bond donors (Lipinski definition) is 3. The Balaban J connectivity index is 1.25. The summed E-state index contributed by atoms with van der Waals surface area (Å²) in [5.41, 5.74) is -2.24. The number of hydrogen-bond acceptors (Lipinski definition) is 8. The first kappa shape index (κ1) is 27.3. The lowest BCUT2D eigenvalue weighted by Crippen LogP contribution is -2.60. The van der Waals surface area contributed by atoms with Crippen LogP contribution in [0.2, 0.25) is 0 Å². The summed E-state index contributed by atoms with van der Waals surface area (Å²) in [4.78, 5) is 13.5. The molecule has 2 saturated heterocycles. The van der Waals surface area contributed by atoms with Crippen LogP contribution in [0.15, 0.2) is 11.6 Å². The van der Waals surface area contributed by atoms with Gasteiger partial charge in [0.1, 0.15) is 17.0 Å². The number of carbonyl (C=O) groups is 1. The summed E-state index contributed by atoms with van der Waals surface area (Å²) in [5.74, 6) is 0.347. The molecule has 2 heterocycles. The van der Waals surface area contributed by atoms with Crippen LogP contribution in [0.4, 0.5) is 0 Å². The van der Waals surface area contributed by atoms with Crippen molar-refractivity contribution < 1.29 is 41.6 Å². The minimum atomic E-state index is -4.63. The third-order valence-electron chi connectivity index (χ3n) is 12.5. The molecule has 3 saturated carbocycles. The fourth-order valence-electron chi connectivity index (χ4n) is 9.85. The van der Waals surface area contributed by atoms with E-state index in [4.69, 9.17) is 18.2 Å². The van der Waals surface area contributed by atoms with Crippen LogP contribution in [-0.4, -0.2) is 64.3 Å². The summed E-state index contributed by atoms with van der Waals surface area (Å²) >= 11 is 0. The zero-order valence-corrected chi connectivity index (χ0v) is 23.8. The Hall–Kier alpha value is -0.880. The molecule has 2 aliphatic heterocycles. The third kappa shape index (κ3) is 3.50. The fourth-order valence-corrected chi connectivity index (χ4v) is 10.3.